The molecular weight excluding hydrogens is 190 g/mol. The number of amides is 2. The quantitative estimate of drug-likeness (QED) is 0.491. The monoisotopic (exact) mass is 198 g/mol. The van der Waals surface area contributed by atoms with E-state index in [0.717, 1.165) is 0 Å². The van der Waals surface area contributed by atoms with Crippen LogP contribution in [0.3, 0.4) is 0 Å². The van der Waals surface area contributed by atoms with E-state index in [9.17, 15) is 9.59 Å². The summed E-state index contributed by atoms with van der Waals surface area (Å²) in [7, 11) is 1.17. The number of imide groups is 1. The van der Waals surface area contributed by atoms with E-state index in [0.29, 0.717) is 0 Å². The molecule has 0 unspecified atom stereocenters. The standard InChI is InChI=1S/C7H8N3O4/c1-3-14-7(12)9-6(11)5(4-8)10-13-2/h1,3H2,2H3,(H,9,11,12)/b10-5+. The Labute approximate surface area is 80.3 Å². The smallest absolute Gasteiger partial charge is 0.414 e. The average molecular weight is 198 g/mol. The molecule has 0 atom stereocenters. The number of nitrogens with zero attached hydrogens (tertiary/aromatic N) is 2. The zero-order chi connectivity index (χ0) is 11.0. The first-order chi connectivity index (χ1) is 6.65. The van der Waals surface area contributed by atoms with Crippen LogP contribution in [-0.2, 0) is 14.4 Å². The van der Waals surface area contributed by atoms with Gasteiger partial charge < -0.3 is 9.57 Å². The fourth-order valence-corrected chi connectivity index (χ4v) is 0.485. The van der Waals surface area contributed by atoms with Gasteiger partial charge in [0, 0.05) is 0 Å². The van der Waals surface area contributed by atoms with Crippen LogP contribution in [0.1, 0.15) is 0 Å². The lowest BCUT2D eigenvalue weighted by molar-refractivity contribution is -0.114. The van der Waals surface area contributed by atoms with Gasteiger partial charge >= 0.3 is 6.09 Å². The molecule has 0 saturated carbocycles. The second-order valence-electron chi connectivity index (χ2n) is 1.82. The first kappa shape index (κ1) is 11.9. The number of carbonyl (C=O) groups excluding carboxylic acids is 2. The summed E-state index contributed by atoms with van der Waals surface area (Å²) < 4.78 is 4.30. The number of alkyl carbamates (subject to hydrolysis) is 1. The normalized spacial score (nSPS) is 9.93. The van der Waals surface area contributed by atoms with Gasteiger partial charge in [-0.1, -0.05) is 5.16 Å². The first-order valence-corrected chi connectivity index (χ1v) is 3.44. The molecule has 0 spiro atoms. The summed E-state index contributed by atoms with van der Waals surface area (Å²) in [5.74, 6) is -0.993. The van der Waals surface area contributed by atoms with Crippen LogP contribution in [0.15, 0.2) is 5.16 Å². The van der Waals surface area contributed by atoms with Crippen molar-refractivity contribution in [2.24, 2.45) is 5.16 Å². The van der Waals surface area contributed by atoms with E-state index in [1.807, 2.05) is 0 Å². The molecule has 75 valence electrons. The Bertz CT molecular complexity index is 292. The zero-order valence-corrected chi connectivity index (χ0v) is 7.44. The van der Waals surface area contributed by atoms with Gasteiger partial charge in [-0.2, -0.15) is 5.26 Å². The van der Waals surface area contributed by atoms with Crippen LogP contribution >= 0.6 is 0 Å². The van der Waals surface area contributed by atoms with E-state index >= 15 is 0 Å². The number of carbonyl (C=O) groups is 2. The summed E-state index contributed by atoms with van der Waals surface area (Å²) in [6, 6.07) is 1.44. The summed E-state index contributed by atoms with van der Waals surface area (Å²) in [6.07, 6.45) is -0.996. The molecule has 1 radical (unpaired) electrons. The number of hydrogen-bond donors (Lipinski definition) is 1. The highest BCUT2D eigenvalue weighted by atomic mass is 16.6. The van der Waals surface area contributed by atoms with Crippen LogP contribution in [-0.4, -0.2) is 31.4 Å². The van der Waals surface area contributed by atoms with Gasteiger partial charge in [0.1, 0.15) is 13.2 Å². The lowest BCUT2D eigenvalue weighted by Crippen LogP contribution is -2.36. The van der Waals surface area contributed by atoms with Crippen LogP contribution in [0, 0.1) is 18.3 Å². The Balaban J connectivity index is 4.27. The second-order valence-corrected chi connectivity index (χ2v) is 1.82. The van der Waals surface area contributed by atoms with Crippen molar-refractivity contribution in [2.75, 3.05) is 13.7 Å². The molecule has 0 aromatic rings. The minimum absolute atomic E-state index is 0.123. The van der Waals surface area contributed by atoms with E-state index < -0.39 is 17.7 Å². The first-order valence-electron chi connectivity index (χ1n) is 3.44. The van der Waals surface area contributed by atoms with E-state index in [1.54, 1.807) is 5.32 Å². The van der Waals surface area contributed by atoms with Crippen LogP contribution in [0.5, 0.6) is 0 Å². The second kappa shape index (κ2) is 6.42. The average Bonchev–Trinajstić information content (AvgIpc) is 2.14. The molecule has 0 aromatic carbocycles. The Morgan fingerprint density at radius 1 is 1.64 bits per heavy atom. The fraction of sp³-hybridized carbons (Fsp3) is 0.286. The van der Waals surface area contributed by atoms with Gasteiger partial charge in [-0.15, -0.1) is 0 Å². The van der Waals surface area contributed by atoms with Gasteiger partial charge in [-0.05, 0) is 6.92 Å². The molecule has 0 saturated heterocycles. The molecule has 0 aliphatic carbocycles. The topological polar surface area (TPSA) is 101 Å². The number of hydrogen-bond acceptors (Lipinski definition) is 6. The highest BCUT2D eigenvalue weighted by Gasteiger charge is 2.15. The van der Waals surface area contributed by atoms with Crippen molar-refractivity contribution in [3.05, 3.63) is 6.92 Å². The maximum Gasteiger partial charge on any atom is 0.414 e. The molecule has 0 aliphatic rings. The van der Waals surface area contributed by atoms with Crippen molar-refractivity contribution in [3.8, 4) is 6.07 Å². The third kappa shape index (κ3) is 4.06. The molecule has 7 nitrogen and oxygen atoms in total. The zero-order valence-electron chi connectivity index (χ0n) is 7.44. The minimum Gasteiger partial charge on any atom is -0.449 e. The van der Waals surface area contributed by atoms with Gasteiger partial charge in [0.05, 0.1) is 6.61 Å². The van der Waals surface area contributed by atoms with Crippen LogP contribution in [0.25, 0.3) is 0 Å². The van der Waals surface area contributed by atoms with Crippen LogP contribution in [0.2, 0.25) is 0 Å². The SMILES string of the molecule is [CH2]COC(=O)NC(=O)/C(C#N)=N/OC. The minimum atomic E-state index is -0.996. The fourth-order valence-electron chi connectivity index (χ4n) is 0.485. The third-order valence-electron chi connectivity index (χ3n) is 0.952. The number of ether oxygens (including phenoxy) is 1. The summed E-state index contributed by atoms with van der Waals surface area (Å²) in [5, 5.41) is 13.2. The van der Waals surface area contributed by atoms with E-state index in [4.69, 9.17) is 5.26 Å². The van der Waals surface area contributed by atoms with Crippen molar-refractivity contribution >= 4 is 17.7 Å². The molecule has 0 aromatic heterocycles. The molecule has 2 amide bonds. The van der Waals surface area contributed by atoms with Gasteiger partial charge in [-0.3, -0.25) is 10.1 Å². The number of nitriles is 1. The molecule has 14 heavy (non-hydrogen) atoms. The number of rotatable bonds is 3. The molecule has 0 bridgehead atoms. The molecule has 0 heterocycles. The Morgan fingerprint density at radius 3 is 2.71 bits per heavy atom. The number of nitrogens with one attached hydrogen (secondary N) is 1. The van der Waals surface area contributed by atoms with Gasteiger partial charge in [-0.25, -0.2) is 4.79 Å². The third-order valence-corrected chi connectivity index (χ3v) is 0.952. The van der Waals surface area contributed by atoms with E-state index in [2.05, 4.69) is 21.7 Å². The van der Waals surface area contributed by atoms with E-state index in [1.165, 1.54) is 13.2 Å². The lowest BCUT2D eigenvalue weighted by atomic mass is 10.4. The maximum atomic E-state index is 11.0. The molecule has 0 rings (SSSR count). The lowest BCUT2D eigenvalue weighted by Gasteiger charge is -2.01. The number of oxime groups is 1. The molecular formula is C7H8N3O4. The van der Waals surface area contributed by atoms with Crippen molar-refractivity contribution in [2.45, 2.75) is 0 Å². The predicted octanol–water partition coefficient (Wildman–Crippen LogP) is -0.401. The van der Waals surface area contributed by atoms with Crippen molar-refractivity contribution in [3.63, 3.8) is 0 Å². The molecule has 0 aliphatic heterocycles. The Morgan fingerprint density at radius 2 is 2.29 bits per heavy atom. The van der Waals surface area contributed by atoms with Crippen molar-refractivity contribution < 1.29 is 19.2 Å². The van der Waals surface area contributed by atoms with Crippen LogP contribution < -0.4 is 5.32 Å². The van der Waals surface area contributed by atoms with Gasteiger partial charge in [0.25, 0.3) is 5.91 Å². The van der Waals surface area contributed by atoms with Gasteiger partial charge in [0.15, 0.2) is 0 Å². The summed E-state index contributed by atoms with van der Waals surface area (Å²) in [5.41, 5.74) is -0.575. The summed E-state index contributed by atoms with van der Waals surface area (Å²) in [6.45, 7) is 3.10. The van der Waals surface area contributed by atoms with Gasteiger partial charge in [0.2, 0.25) is 5.71 Å². The van der Waals surface area contributed by atoms with Crippen molar-refractivity contribution in [1.29, 1.82) is 5.26 Å². The Hall–Kier alpha value is -2.10. The highest BCUT2D eigenvalue weighted by molar-refractivity contribution is 6.46. The highest BCUT2D eigenvalue weighted by Crippen LogP contribution is 1.82. The van der Waals surface area contributed by atoms with Crippen molar-refractivity contribution in [1.82, 2.24) is 5.32 Å². The Kier molecular flexibility index (Phi) is 5.46. The summed E-state index contributed by atoms with van der Waals surface area (Å²) in [4.78, 5) is 25.9. The predicted molar refractivity (Wildman–Crippen MR) is 44.9 cm³/mol. The largest absolute Gasteiger partial charge is 0.449 e. The van der Waals surface area contributed by atoms with E-state index in [-0.39, 0.29) is 6.61 Å². The molecule has 7 heteroatoms. The molecule has 0 fully saturated rings. The van der Waals surface area contributed by atoms with Crippen LogP contribution in [0.4, 0.5) is 4.79 Å². The molecule has 1 N–H and O–H groups in total. The maximum absolute atomic E-state index is 11.0. The summed E-state index contributed by atoms with van der Waals surface area (Å²) >= 11 is 0.